The Balaban J connectivity index is 2.62. The van der Waals surface area contributed by atoms with Gasteiger partial charge in [0.15, 0.2) is 0 Å². The zero-order valence-corrected chi connectivity index (χ0v) is 7.98. The molecule has 0 aliphatic rings. The zero-order chi connectivity index (χ0) is 11.5. The maximum Gasteiger partial charge on any atom is 0.324 e. The topological polar surface area (TPSA) is 37.8 Å². The first-order valence-electron chi connectivity index (χ1n) is 3.79. The molecule has 0 spiro atoms. The van der Waals surface area contributed by atoms with E-state index in [1.54, 1.807) is 0 Å². The highest BCUT2D eigenvalue weighted by atomic mass is 35.5. The minimum Gasteiger partial charge on any atom is -0.362 e. The number of alkyl halides is 4. The molecule has 0 fully saturated rings. The second-order valence-electron chi connectivity index (χ2n) is 2.63. The van der Waals surface area contributed by atoms with Crippen LogP contribution in [0.3, 0.4) is 0 Å². The van der Waals surface area contributed by atoms with Gasteiger partial charge in [-0.2, -0.15) is 8.78 Å². The third-order valence-corrected chi connectivity index (χ3v) is 1.75. The first kappa shape index (κ1) is 12.0. The quantitative estimate of drug-likeness (QED) is 0.826. The lowest BCUT2D eigenvalue weighted by molar-refractivity contribution is -0.117. The van der Waals surface area contributed by atoms with Gasteiger partial charge < -0.3 is 5.32 Å². The van der Waals surface area contributed by atoms with E-state index in [2.05, 4.69) is 9.97 Å². The van der Waals surface area contributed by atoms with Crippen molar-refractivity contribution in [3.05, 3.63) is 17.5 Å². The van der Waals surface area contributed by atoms with Gasteiger partial charge in [0.1, 0.15) is 17.2 Å². The number of nitrogens with zero attached hydrogens (tertiary/aromatic N) is 2. The predicted octanol–water partition coefficient (Wildman–Crippen LogP) is 2.44. The van der Waals surface area contributed by atoms with Gasteiger partial charge in [-0.05, 0) is 0 Å². The lowest BCUT2D eigenvalue weighted by Gasteiger charge is -2.16. The minimum atomic E-state index is -4.12. The highest BCUT2D eigenvalue weighted by Crippen LogP contribution is 2.24. The fourth-order valence-electron chi connectivity index (χ4n) is 0.721. The molecule has 1 heterocycles. The summed E-state index contributed by atoms with van der Waals surface area (Å²) in [6, 6.07) is 0. The van der Waals surface area contributed by atoms with Crippen LogP contribution in [0.15, 0.2) is 12.5 Å². The van der Waals surface area contributed by atoms with Gasteiger partial charge in [-0.3, -0.25) is 0 Å². The summed E-state index contributed by atoms with van der Waals surface area (Å²) in [5.41, 5.74) is 0. The average molecular weight is 244 g/mol. The first-order chi connectivity index (χ1) is 6.93. The molecule has 1 aromatic rings. The van der Waals surface area contributed by atoms with Gasteiger partial charge in [0, 0.05) is 0 Å². The van der Waals surface area contributed by atoms with Crippen LogP contribution in [0.25, 0.3) is 0 Å². The predicted molar refractivity (Wildman–Crippen MR) is 46.5 cm³/mol. The molecular formula is C7H6ClF4N3. The van der Waals surface area contributed by atoms with Crippen molar-refractivity contribution in [3.8, 4) is 0 Å². The van der Waals surface area contributed by atoms with Crippen molar-refractivity contribution < 1.29 is 17.6 Å². The minimum absolute atomic E-state index is 0.0115. The number of hydrogen-bond acceptors (Lipinski definition) is 3. The molecule has 0 radical (unpaired) electrons. The van der Waals surface area contributed by atoms with Gasteiger partial charge in [0.2, 0.25) is 0 Å². The van der Waals surface area contributed by atoms with Gasteiger partial charge in [-0.15, -0.1) is 0 Å². The van der Waals surface area contributed by atoms with E-state index >= 15 is 0 Å². The number of halogens is 5. The van der Waals surface area contributed by atoms with Crippen molar-refractivity contribution in [3.63, 3.8) is 0 Å². The highest BCUT2D eigenvalue weighted by Gasteiger charge is 2.40. The Bertz CT molecular complexity index is 334. The summed E-state index contributed by atoms with van der Waals surface area (Å²) in [6.45, 7) is -1.23. The van der Waals surface area contributed by atoms with E-state index in [4.69, 9.17) is 11.6 Å². The molecule has 0 aromatic carbocycles. The fraction of sp³-hybridized carbons (Fsp3) is 0.429. The Morgan fingerprint density at radius 2 is 2.13 bits per heavy atom. The SMILES string of the molecule is FC(F)C(F)(F)CNc1ncncc1Cl. The van der Waals surface area contributed by atoms with Gasteiger partial charge in [0.05, 0.1) is 12.7 Å². The standard InChI is InChI=1S/C7H6ClF4N3/c8-4-1-13-3-15-5(4)14-2-7(11,12)6(9)10/h1,3,6H,2H2,(H,13,14,15). The lowest BCUT2D eigenvalue weighted by atomic mass is 10.3. The second kappa shape index (κ2) is 4.61. The summed E-state index contributed by atoms with van der Waals surface area (Å²) in [6.07, 6.45) is -1.50. The van der Waals surface area contributed by atoms with Crippen molar-refractivity contribution in [2.24, 2.45) is 0 Å². The van der Waals surface area contributed by atoms with E-state index < -0.39 is 18.9 Å². The number of aromatic nitrogens is 2. The van der Waals surface area contributed by atoms with Crippen LogP contribution in [0.1, 0.15) is 0 Å². The molecule has 0 saturated carbocycles. The van der Waals surface area contributed by atoms with Gasteiger partial charge in [-0.25, -0.2) is 18.7 Å². The Morgan fingerprint density at radius 3 is 2.67 bits per heavy atom. The van der Waals surface area contributed by atoms with Crippen molar-refractivity contribution in [2.75, 3.05) is 11.9 Å². The van der Waals surface area contributed by atoms with Gasteiger partial charge >= 0.3 is 12.3 Å². The molecule has 8 heteroatoms. The lowest BCUT2D eigenvalue weighted by Crippen LogP contribution is -2.35. The fourth-order valence-corrected chi connectivity index (χ4v) is 0.893. The van der Waals surface area contributed by atoms with Gasteiger partial charge in [0.25, 0.3) is 0 Å². The smallest absolute Gasteiger partial charge is 0.324 e. The van der Waals surface area contributed by atoms with E-state index in [-0.39, 0.29) is 10.8 Å². The number of nitrogens with one attached hydrogen (secondary N) is 1. The van der Waals surface area contributed by atoms with Crippen LogP contribution >= 0.6 is 11.6 Å². The van der Waals surface area contributed by atoms with Crippen LogP contribution in [0.4, 0.5) is 23.4 Å². The number of rotatable bonds is 4. The van der Waals surface area contributed by atoms with Crippen LogP contribution in [-0.2, 0) is 0 Å². The molecule has 1 aromatic heterocycles. The zero-order valence-electron chi connectivity index (χ0n) is 7.22. The normalized spacial score (nSPS) is 11.9. The molecule has 1 N–H and O–H groups in total. The third-order valence-electron chi connectivity index (χ3n) is 1.48. The van der Waals surface area contributed by atoms with Crippen molar-refractivity contribution in [1.82, 2.24) is 9.97 Å². The van der Waals surface area contributed by atoms with Crippen LogP contribution in [0.5, 0.6) is 0 Å². The summed E-state index contributed by atoms with van der Waals surface area (Å²) in [5.74, 6) is -4.22. The largest absolute Gasteiger partial charge is 0.362 e. The molecule has 0 aliphatic carbocycles. The molecule has 0 amide bonds. The van der Waals surface area contributed by atoms with E-state index in [9.17, 15) is 17.6 Å². The first-order valence-corrected chi connectivity index (χ1v) is 4.16. The van der Waals surface area contributed by atoms with Crippen LogP contribution in [0, 0.1) is 0 Å². The summed E-state index contributed by atoms with van der Waals surface area (Å²) in [7, 11) is 0. The molecule has 0 bridgehead atoms. The average Bonchev–Trinajstić information content (AvgIpc) is 2.16. The van der Waals surface area contributed by atoms with E-state index in [0.717, 1.165) is 12.5 Å². The van der Waals surface area contributed by atoms with E-state index in [1.165, 1.54) is 0 Å². The Labute approximate surface area is 87.5 Å². The summed E-state index contributed by atoms with van der Waals surface area (Å²) < 4.78 is 48.4. The number of anilines is 1. The Morgan fingerprint density at radius 1 is 1.47 bits per heavy atom. The molecule has 0 atom stereocenters. The van der Waals surface area contributed by atoms with Crippen LogP contribution in [-0.4, -0.2) is 28.9 Å². The van der Waals surface area contributed by atoms with E-state index in [0.29, 0.717) is 0 Å². The Hall–Kier alpha value is -1.11. The molecule has 0 saturated heterocycles. The van der Waals surface area contributed by atoms with Crippen molar-refractivity contribution >= 4 is 17.4 Å². The van der Waals surface area contributed by atoms with E-state index in [1.807, 2.05) is 5.32 Å². The van der Waals surface area contributed by atoms with Crippen molar-refractivity contribution in [2.45, 2.75) is 12.3 Å². The third kappa shape index (κ3) is 3.19. The molecule has 1 rings (SSSR count). The maximum atomic E-state index is 12.5. The molecule has 15 heavy (non-hydrogen) atoms. The highest BCUT2D eigenvalue weighted by molar-refractivity contribution is 6.32. The Kier molecular flexibility index (Phi) is 3.67. The molecule has 3 nitrogen and oxygen atoms in total. The number of hydrogen-bond donors (Lipinski definition) is 1. The maximum absolute atomic E-state index is 12.5. The second-order valence-corrected chi connectivity index (χ2v) is 3.04. The van der Waals surface area contributed by atoms with Crippen LogP contribution in [0.2, 0.25) is 5.02 Å². The molecule has 0 unspecified atom stereocenters. The van der Waals surface area contributed by atoms with Gasteiger partial charge in [-0.1, -0.05) is 11.6 Å². The monoisotopic (exact) mass is 243 g/mol. The van der Waals surface area contributed by atoms with Crippen LogP contribution < -0.4 is 5.32 Å². The summed E-state index contributed by atoms with van der Waals surface area (Å²) in [4.78, 5) is 7.01. The molecule has 84 valence electrons. The van der Waals surface area contributed by atoms with Crippen molar-refractivity contribution in [1.29, 1.82) is 0 Å². The molecule has 0 aliphatic heterocycles. The summed E-state index contributed by atoms with van der Waals surface area (Å²) in [5, 5.41) is 2.01. The summed E-state index contributed by atoms with van der Waals surface area (Å²) >= 11 is 5.51. The molecular weight excluding hydrogens is 238 g/mol.